The standard InChI is InChI=1S/C15H24N4O5S/c1-18-14(6-10(17-18)4-5-23-2)16-15(20)19-7-11-12(24-3)9-25(21,22)13(11)8-19/h6,11-13H,4-5,7-9H2,1-3H3,(H,16,20)/t11-,12+,13-/m1/s1. The van der Waals surface area contributed by atoms with Crippen LogP contribution in [0.1, 0.15) is 5.69 Å². The Hall–Kier alpha value is -1.65. The second-order valence-corrected chi connectivity index (χ2v) is 8.79. The summed E-state index contributed by atoms with van der Waals surface area (Å²) in [7, 11) is 1.67. The van der Waals surface area contributed by atoms with E-state index in [0.717, 1.165) is 5.69 Å². The van der Waals surface area contributed by atoms with Gasteiger partial charge in [-0.25, -0.2) is 13.2 Å². The number of methoxy groups -OCH3 is 2. The van der Waals surface area contributed by atoms with Crippen molar-refractivity contribution in [2.24, 2.45) is 13.0 Å². The van der Waals surface area contributed by atoms with Crippen molar-refractivity contribution in [1.82, 2.24) is 14.7 Å². The molecule has 2 saturated heterocycles. The number of fused-ring (bicyclic) bond motifs is 1. The number of ether oxygens (including phenoxy) is 2. The summed E-state index contributed by atoms with van der Waals surface area (Å²) in [6, 6.07) is 1.48. The number of carbonyl (C=O) groups is 1. The van der Waals surface area contributed by atoms with Crippen LogP contribution < -0.4 is 5.32 Å². The first-order valence-corrected chi connectivity index (χ1v) is 9.89. The molecule has 25 heavy (non-hydrogen) atoms. The van der Waals surface area contributed by atoms with Crippen LogP contribution in [-0.4, -0.2) is 80.2 Å². The quantitative estimate of drug-likeness (QED) is 0.773. The minimum absolute atomic E-state index is 0.0406. The van der Waals surface area contributed by atoms with Crippen molar-refractivity contribution >= 4 is 21.7 Å². The second-order valence-electron chi connectivity index (χ2n) is 6.53. The summed E-state index contributed by atoms with van der Waals surface area (Å²) in [5, 5.41) is 6.60. The SMILES string of the molecule is COCCc1cc(NC(=O)N2C[C@@H]3[C@@H](OC)CS(=O)(=O)[C@@H]3C2)n(C)n1. The molecule has 9 nitrogen and oxygen atoms in total. The van der Waals surface area contributed by atoms with E-state index < -0.39 is 15.1 Å². The van der Waals surface area contributed by atoms with Gasteiger partial charge in [-0.05, 0) is 0 Å². The van der Waals surface area contributed by atoms with Crippen LogP contribution in [0.25, 0.3) is 0 Å². The molecule has 1 N–H and O–H groups in total. The average molecular weight is 372 g/mol. The Morgan fingerprint density at radius 1 is 1.40 bits per heavy atom. The molecule has 0 aromatic carbocycles. The molecule has 3 rings (SSSR count). The monoisotopic (exact) mass is 372 g/mol. The predicted octanol–water partition coefficient (Wildman–Crippen LogP) is -0.115. The molecule has 2 aliphatic heterocycles. The van der Waals surface area contributed by atoms with Crippen molar-refractivity contribution in [3.8, 4) is 0 Å². The van der Waals surface area contributed by atoms with Gasteiger partial charge in [0.25, 0.3) is 0 Å². The van der Waals surface area contributed by atoms with E-state index in [9.17, 15) is 13.2 Å². The first kappa shape index (κ1) is 18.2. The maximum Gasteiger partial charge on any atom is 0.323 e. The van der Waals surface area contributed by atoms with Crippen LogP contribution >= 0.6 is 0 Å². The van der Waals surface area contributed by atoms with Crippen LogP contribution in [0.3, 0.4) is 0 Å². The molecule has 2 amide bonds. The molecule has 0 bridgehead atoms. The Morgan fingerprint density at radius 2 is 2.16 bits per heavy atom. The number of amides is 2. The predicted molar refractivity (Wildman–Crippen MR) is 91.2 cm³/mol. The number of nitrogens with zero attached hydrogens (tertiary/aromatic N) is 3. The highest BCUT2D eigenvalue weighted by Crippen LogP contribution is 2.35. The molecule has 1 aromatic heterocycles. The van der Waals surface area contributed by atoms with Crippen LogP contribution in [0.15, 0.2) is 6.07 Å². The van der Waals surface area contributed by atoms with Crippen molar-refractivity contribution in [3.05, 3.63) is 11.8 Å². The van der Waals surface area contributed by atoms with Gasteiger partial charge in [-0.15, -0.1) is 0 Å². The van der Waals surface area contributed by atoms with Gasteiger partial charge in [-0.3, -0.25) is 10.00 Å². The van der Waals surface area contributed by atoms with Gasteiger partial charge < -0.3 is 14.4 Å². The maximum absolute atomic E-state index is 12.5. The fraction of sp³-hybridized carbons (Fsp3) is 0.733. The highest BCUT2D eigenvalue weighted by Gasteiger charge is 2.53. The van der Waals surface area contributed by atoms with Gasteiger partial charge >= 0.3 is 6.03 Å². The third-order valence-corrected chi connectivity index (χ3v) is 7.18. The molecule has 0 spiro atoms. The van der Waals surface area contributed by atoms with Gasteiger partial charge in [-0.2, -0.15) is 5.10 Å². The maximum atomic E-state index is 12.5. The highest BCUT2D eigenvalue weighted by atomic mass is 32.2. The van der Waals surface area contributed by atoms with Crippen LogP contribution in [-0.2, 0) is 32.8 Å². The molecule has 0 unspecified atom stereocenters. The number of urea groups is 1. The number of nitrogens with one attached hydrogen (secondary N) is 1. The molecule has 0 aliphatic carbocycles. The van der Waals surface area contributed by atoms with E-state index in [1.54, 1.807) is 29.8 Å². The fourth-order valence-electron chi connectivity index (χ4n) is 3.58. The van der Waals surface area contributed by atoms with Crippen molar-refractivity contribution in [3.63, 3.8) is 0 Å². The molecule has 3 atom stereocenters. The summed E-state index contributed by atoms with van der Waals surface area (Å²) < 4.78 is 36.4. The number of sulfone groups is 1. The molecule has 0 radical (unpaired) electrons. The molecule has 0 saturated carbocycles. The topological polar surface area (TPSA) is 103 Å². The number of aromatic nitrogens is 2. The van der Waals surface area contributed by atoms with Crippen LogP contribution in [0.2, 0.25) is 0 Å². The lowest BCUT2D eigenvalue weighted by Crippen LogP contribution is -2.37. The van der Waals surface area contributed by atoms with Gasteiger partial charge in [0.1, 0.15) is 5.82 Å². The van der Waals surface area contributed by atoms with Gasteiger partial charge in [-0.1, -0.05) is 0 Å². The zero-order valence-electron chi connectivity index (χ0n) is 14.6. The van der Waals surface area contributed by atoms with Gasteiger partial charge in [0.2, 0.25) is 0 Å². The number of likely N-dealkylation sites (tertiary alicyclic amines) is 1. The average Bonchev–Trinajstić information content (AvgIpc) is 3.21. The number of aryl methyl sites for hydroxylation is 1. The van der Waals surface area contributed by atoms with Gasteiger partial charge in [0, 0.05) is 52.8 Å². The molecular weight excluding hydrogens is 348 g/mol. The largest absolute Gasteiger partial charge is 0.384 e. The van der Waals surface area contributed by atoms with Gasteiger partial charge in [0.05, 0.1) is 29.4 Å². The fourth-order valence-corrected chi connectivity index (χ4v) is 5.87. The third kappa shape index (κ3) is 3.51. The summed E-state index contributed by atoms with van der Waals surface area (Å²) in [5.41, 5.74) is 0.819. The lowest BCUT2D eigenvalue weighted by atomic mass is 10.0. The number of carbonyl (C=O) groups excluding carboxylic acids is 1. The molecule has 10 heteroatoms. The van der Waals surface area contributed by atoms with E-state index in [4.69, 9.17) is 9.47 Å². The summed E-state index contributed by atoms with van der Waals surface area (Å²) in [6.07, 6.45) is 0.312. The van der Waals surface area contributed by atoms with Crippen molar-refractivity contribution in [2.75, 3.05) is 45.0 Å². The first-order chi connectivity index (χ1) is 11.9. The van der Waals surface area contributed by atoms with E-state index in [0.29, 0.717) is 25.4 Å². The third-order valence-electron chi connectivity index (χ3n) is 4.96. The molecule has 2 aliphatic rings. The van der Waals surface area contributed by atoms with Crippen molar-refractivity contribution in [1.29, 1.82) is 0 Å². The first-order valence-electron chi connectivity index (χ1n) is 8.18. The zero-order chi connectivity index (χ0) is 18.2. The minimum Gasteiger partial charge on any atom is -0.384 e. The van der Waals surface area contributed by atoms with E-state index >= 15 is 0 Å². The zero-order valence-corrected chi connectivity index (χ0v) is 15.5. The highest BCUT2D eigenvalue weighted by molar-refractivity contribution is 7.92. The van der Waals surface area contributed by atoms with Crippen molar-refractivity contribution < 1.29 is 22.7 Å². The minimum atomic E-state index is -3.22. The Balaban J connectivity index is 1.66. The lowest BCUT2D eigenvalue weighted by molar-refractivity contribution is 0.0825. The Labute approximate surface area is 147 Å². The number of anilines is 1. The second kappa shape index (κ2) is 6.93. The molecule has 140 valence electrons. The molecule has 3 heterocycles. The number of hydrogen-bond acceptors (Lipinski definition) is 6. The van der Waals surface area contributed by atoms with E-state index in [2.05, 4.69) is 10.4 Å². The van der Waals surface area contributed by atoms with E-state index in [1.165, 1.54) is 7.11 Å². The van der Waals surface area contributed by atoms with Crippen LogP contribution in [0.4, 0.5) is 10.6 Å². The van der Waals surface area contributed by atoms with E-state index in [-0.39, 0.29) is 30.4 Å². The molecular formula is C15H24N4O5S. The number of rotatable bonds is 5. The summed E-state index contributed by atoms with van der Waals surface area (Å²) in [6.45, 7) is 1.13. The van der Waals surface area contributed by atoms with Crippen molar-refractivity contribution in [2.45, 2.75) is 17.8 Å². The van der Waals surface area contributed by atoms with E-state index in [1.807, 2.05) is 0 Å². The molecule has 2 fully saturated rings. The Bertz CT molecular complexity index is 747. The van der Waals surface area contributed by atoms with Crippen LogP contribution in [0.5, 0.6) is 0 Å². The van der Waals surface area contributed by atoms with Crippen LogP contribution in [0, 0.1) is 5.92 Å². The molecule has 1 aromatic rings. The summed E-state index contributed by atoms with van der Waals surface area (Å²) >= 11 is 0. The Kier molecular flexibility index (Phi) is 5.03. The Morgan fingerprint density at radius 3 is 2.84 bits per heavy atom. The van der Waals surface area contributed by atoms with Gasteiger partial charge in [0.15, 0.2) is 9.84 Å². The normalized spacial score (nSPS) is 27.5. The smallest absolute Gasteiger partial charge is 0.323 e. The summed E-state index contributed by atoms with van der Waals surface area (Å²) in [4.78, 5) is 14.1. The number of hydrogen-bond donors (Lipinski definition) is 1. The summed E-state index contributed by atoms with van der Waals surface area (Å²) in [5.74, 6) is 0.447. The lowest BCUT2D eigenvalue weighted by Gasteiger charge is -2.19.